The number of halogens is 3. The third kappa shape index (κ3) is 3.33. The molecule has 7 nitrogen and oxygen atoms in total. The van der Waals surface area contributed by atoms with Gasteiger partial charge in [-0.1, -0.05) is 0 Å². The molecule has 0 bridgehead atoms. The molecule has 0 unspecified atom stereocenters. The lowest BCUT2D eigenvalue weighted by molar-refractivity contribution is 0.0774. The van der Waals surface area contributed by atoms with Gasteiger partial charge in [0.05, 0.1) is 22.9 Å². The van der Waals surface area contributed by atoms with E-state index in [2.05, 4.69) is 31.1 Å². The summed E-state index contributed by atoms with van der Waals surface area (Å²) in [7, 11) is 3.41. The van der Waals surface area contributed by atoms with Crippen LogP contribution < -0.4 is 0 Å². The summed E-state index contributed by atoms with van der Waals surface area (Å²) >= 11 is 3.40. The number of fused-ring (bicyclic) bond motifs is 1. The molecule has 3 aromatic heterocycles. The van der Waals surface area contributed by atoms with E-state index in [9.17, 15) is 13.6 Å². The van der Waals surface area contributed by atoms with Crippen LogP contribution in [0.4, 0.5) is 8.78 Å². The zero-order valence-electron chi connectivity index (χ0n) is 14.7. The van der Waals surface area contributed by atoms with Crippen molar-refractivity contribution in [1.29, 1.82) is 0 Å². The normalized spacial score (nSPS) is 14.3. The van der Waals surface area contributed by atoms with Crippen molar-refractivity contribution in [3.8, 4) is 0 Å². The Balaban J connectivity index is 1.66. The summed E-state index contributed by atoms with van der Waals surface area (Å²) in [4.78, 5) is 18.7. The van der Waals surface area contributed by atoms with Crippen molar-refractivity contribution in [3.05, 3.63) is 45.6 Å². The summed E-state index contributed by atoms with van der Waals surface area (Å²) < 4.78 is 30.5. The van der Waals surface area contributed by atoms with Crippen molar-refractivity contribution in [2.75, 3.05) is 7.05 Å². The highest BCUT2D eigenvalue weighted by atomic mass is 79.9. The maximum absolute atomic E-state index is 13.5. The molecule has 3 aromatic rings. The molecule has 0 aliphatic heterocycles. The number of rotatable bonds is 5. The molecule has 1 saturated carbocycles. The van der Waals surface area contributed by atoms with Crippen LogP contribution in [0.5, 0.6) is 0 Å². The average Bonchev–Trinajstić information content (AvgIpc) is 3.33. The highest BCUT2D eigenvalue weighted by Crippen LogP contribution is 2.40. The number of aromatic nitrogens is 5. The first-order valence-corrected chi connectivity index (χ1v) is 9.25. The van der Waals surface area contributed by atoms with Crippen molar-refractivity contribution < 1.29 is 13.6 Å². The van der Waals surface area contributed by atoms with E-state index in [1.54, 1.807) is 25.0 Å². The molecule has 0 N–H and O–H groups in total. The summed E-state index contributed by atoms with van der Waals surface area (Å²) in [5, 5.41) is 8.22. The second kappa shape index (κ2) is 6.66. The van der Waals surface area contributed by atoms with E-state index in [4.69, 9.17) is 0 Å². The van der Waals surface area contributed by atoms with Gasteiger partial charge in [-0.15, -0.1) is 0 Å². The molecule has 0 atom stereocenters. The second-order valence-electron chi connectivity index (χ2n) is 6.70. The lowest BCUT2D eigenvalue weighted by atomic mass is 10.2. The molecule has 4 rings (SSSR count). The van der Waals surface area contributed by atoms with Crippen molar-refractivity contribution in [1.82, 2.24) is 29.3 Å². The van der Waals surface area contributed by atoms with Gasteiger partial charge in [-0.05, 0) is 34.8 Å². The van der Waals surface area contributed by atoms with Crippen molar-refractivity contribution in [3.63, 3.8) is 0 Å². The maximum Gasteiger partial charge on any atom is 0.280 e. The fourth-order valence-corrected chi connectivity index (χ4v) is 3.45. The van der Waals surface area contributed by atoms with Crippen LogP contribution in [0.3, 0.4) is 0 Å². The van der Waals surface area contributed by atoms with Crippen LogP contribution in [0.2, 0.25) is 0 Å². The molecule has 10 heteroatoms. The zero-order valence-corrected chi connectivity index (χ0v) is 16.3. The van der Waals surface area contributed by atoms with Crippen LogP contribution in [0.1, 0.15) is 52.8 Å². The molecule has 3 heterocycles. The zero-order chi connectivity index (χ0) is 19.3. The first kappa shape index (κ1) is 18.0. The van der Waals surface area contributed by atoms with E-state index in [1.165, 1.54) is 17.0 Å². The number of carbonyl (C=O) groups excluding carboxylic acids is 1. The molecule has 0 saturated heterocycles. The molecule has 1 aliphatic carbocycles. The van der Waals surface area contributed by atoms with Crippen molar-refractivity contribution >= 4 is 27.5 Å². The van der Waals surface area contributed by atoms with Gasteiger partial charge in [-0.2, -0.15) is 10.2 Å². The van der Waals surface area contributed by atoms with E-state index < -0.39 is 6.43 Å². The van der Waals surface area contributed by atoms with Crippen LogP contribution in [-0.2, 0) is 13.6 Å². The first-order chi connectivity index (χ1) is 12.8. The summed E-state index contributed by atoms with van der Waals surface area (Å²) in [6.45, 7) is 0.298. The Hall–Kier alpha value is -2.36. The van der Waals surface area contributed by atoms with Gasteiger partial charge in [-0.3, -0.25) is 9.48 Å². The minimum atomic E-state index is -2.70. The van der Waals surface area contributed by atoms with E-state index in [-0.39, 0.29) is 28.9 Å². The van der Waals surface area contributed by atoms with Crippen molar-refractivity contribution in [2.45, 2.75) is 31.7 Å². The molecular weight excluding hydrogens is 422 g/mol. The molecule has 27 heavy (non-hydrogen) atoms. The number of alkyl halides is 2. The third-order valence-electron chi connectivity index (χ3n) is 4.66. The smallest absolute Gasteiger partial charge is 0.280 e. The van der Waals surface area contributed by atoms with E-state index >= 15 is 0 Å². The minimum Gasteiger partial charge on any atom is -0.334 e. The minimum absolute atomic E-state index is 0.0816. The summed E-state index contributed by atoms with van der Waals surface area (Å²) in [6, 6.07) is 2.86. The standard InChI is InChI=1S/C17H17BrF2N6O/c1-24(8-14-10(18)7-21-25(14)2)17(27)12-6-15-22-11(9-3-4-9)5-13(16(19)20)26(15)23-12/h5-7,9,16H,3-4,8H2,1-2H3. The van der Waals surface area contributed by atoms with Crippen LogP contribution in [0, 0.1) is 0 Å². The molecule has 1 fully saturated rings. The van der Waals surface area contributed by atoms with Crippen LogP contribution in [0.25, 0.3) is 5.65 Å². The lowest BCUT2D eigenvalue weighted by Gasteiger charge is -2.16. The molecule has 142 valence electrons. The van der Waals surface area contributed by atoms with Gasteiger partial charge < -0.3 is 4.90 Å². The molecule has 1 amide bonds. The van der Waals surface area contributed by atoms with Crippen LogP contribution >= 0.6 is 15.9 Å². The molecular formula is C17H17BrF2N6O. The molecule has 0 spiro atoms. The number of hydrogen-bond acceptors (Lipinski definition) is 4. The Morgan fingerprint density at radius 3 is 2.74 bits per heavy atom. The Bertz CT molecular complexity index is 1010. The quantitative estimate of drug-likeness (QED) is 0.612. The summed E-state index contributed by atoms with van der Waals surface area (Å²) in [5.41, 5.74) is 1.57. The second-order valence-corrected chi connectivity index (χ2v) is 7.56. The number of nitrogens with zero attached hydrogens (tertiary/aromatic N) is 6. The SMILES string of the molecule is CN(Cc1c(Br)cnn1C)C(=O)c1cc2nc(C3CC3)cc(C(F)F)n2n1. The van der Waals surface area contributed by atoms with E-state index in [0.29, 0.717) is 12.2 Å². The predicted octanol–water partition coefficient (Wildman–Crippen LogP) is 3.31. The number of hydrogen-bond donors (Lipinski definition) is 0. The Kier molecular flexibility index (Phi) is 4.45. The number of carbonyl (C=O) groups is 1. The lowest BCUT2D eigenvalue weighted by Crippen LogP contribution is -2.27. The topological polar surface area (TPSA) is 68.3 Å². The fourth-order valence-electron chi connectivity index (χ4n) is 2.97. The fraction of sp³-hybridized carbons (Fsp3) is 0.412. The van der Waals surface area contributed by atoms with E-state index in [1.807, 2.05) is 0 Å². The Labute approximate surface area is 162 Å². The molecule has 0 radical (unpaired) electrons. The number of aryl methyl sites for hydroxylation is 1. The number of amides is 1. The van der Waals surface area contributed by atoms with Crippen LogP contribution in [-0.4, -0.2) is 42.2 Å². The van der Waals surface area contributed by atoms with E-state index in [0.717, 1.165) is 27.5 Å². The van der Waals surface area contributed by atoms with Gasteiger partial charge in [0.25, 0.3) is 12.3 Å². The Morgan fingerprint density at radius 2 is 2.15 bits per heavy atom. The third-order valence-corrected chi connectivity index (χ3v) is 5.32. The summed E-state index contributed by atoms with van der Waals surface area (Å²) in [5.74, 6) is -0.145. The predicted molar refractivity (Wildman–Crippen MR) is 96.6 cm³/mol. The van der Waals surface area contributed by atoms with Gasteiger partial charge in [0.15, 0.2) is 11.3 Å². The largest absolute Gasteiger partial charge is 0.334 e. The molecule has 1 aliphatic rings. The van der Waals surface area contributed by atoms with Gasteiger partial charge in [-0.25, -0.2) is 18.3 Å². The van der Waals surface area contributed by atoms with Gasteiger partial charge in [0, 0.05) is 31.8 Å². The highest BCUT2D eigenvalue weighted by molar-refractivity contribution is 9.10. The van der Waals surface area contributed by atoms with Gasteiger partial charge in [0.1, 0.15) is 5.69 Å². The molecule has 0 aromatic carbocycles. The van der Waals surface area contributed by atoms with Crippen molar-refractivity contribution in [2.24, 2.45) is 7.05 Å². The maximum atomic E-state index is 13.5. The monoisotopic (exact) mass is 438 g/mol. The van der Waals surface area contributed by atoms with Gasteiger partial charge in [0.2, 0.25) is 0 Å². The average molecular weight is 439 g/mol. The van der Waals surface area contributed by atoms with Gasteiger partial charge >= 0.3 is 0 Å². The Morgan fingerprint density at radius 1 is 1.41 bits per heavy atom. The first-order valence-electron chi connectivity index (χ1n) is 8.45. The van der Waals surface area contributed by atoms with Crippen LogP contribution in [0.15, 0.2) is 22.8 Å². The highest BCUT2D eigenvalue weighted by Gasteiger charge is 2.29. The summed E-state index contributed by atoms with van der Waals surface area (Å²) in [6.07, 6.45) is 0.859.